The summed E-state index contributed by atoms with van der Waals surface area (Å²) >= 11 is 6.04. The highest BCUT2D eigenvalue weighted by Gasteiger charge is 2.09. The number of hydrogen-bond donors (Lipinski definition) is 2. The second-order valence-corrected chi connectivity index (χ2v) is 7.12. The quantitative estimate of drug-likeness (QED) is 0.729. The molecule has 0 spiro atoms. The minimum absolute atomic E-state index is 0.168. The first-order chi connectivity index (χ1) is 10.9. The summed E-state index contributed by atoms with van der Waals surface area (Å²) in [7, 11) is -3.52. The minimum Gasteiger partial charge on any atom is -0.369 e. The number of pyridine rings is 1. The number of aromatic nitrogens is 3. The molecular weight excluding hydrogens is 338 g/mol. The number of fused-ring (bicyclic) bond motifs is 1. The van der Waals surface area contributed by atoms with E-state index >= 15 is 0 Å². The summed E-state index contributed by atoms with van der Waals surface area (Å²) in [6, 6.07) is 7.25. The topological polar surface area (TPSA) is 103 Å². The van der Waals surface area contributed by atoms with Gasteiger partial charge in [0.05, 0.1) is 23.3 Å². The highest BCUT2D eigenvalue weighted by atomic mass is 35.5. The van der Waals surface area contributed by atoms with E-state index in [0.717, 1.165) is 11.1 Å². The Morgan fingerprint density at radius 3 is 2.83 bits per heavy atom. The van der Waals surface area contributed by atoms with E-state index in [-0.39, 0.29) is 12.3 Å². The Morgan fingerprint density at radius 2 is 2.13 bits per heavy atom. The smallest absolute Gasteiger partial charge is 0.210 e. The minimum atomic E-state index is -3.52. The van der Waals surface area contributed by atoms with Crippen LogP contribution < -0.4 is 10.5 Å². The first kappa shape index (κ1) is 15.7. The van der Waals surface area contributed by atoms with Crippen LogP contribution in [0.25, 0.3) is 16.6 Å². The van der Waals surface area contributed by atoms with E-state index < -0.39 is 10.0 Å². The van der Waals surface area contributed by atoms with Gasteiger partial charge in [-0.2, -0.15) is 0 Å². The number of imidazole rings is 1. The number of primary sulfonamides is 1. The maximum absolute atomic E-state index is 11.0. The van der Waals surface area contributed by atoms with Crippen molar-refractivity contribution in [1.29, 1.82) is 0 Å². The molecule has 2 heterocycles. The maximum Gasteiger partial charge on any atom is 0.210 e. The van der Waals surface area contributed by atoms with Crippen LogP contribution in [0.4, 0.5) is 5.82 Å². The molecular formula is C14H14ClN5O2S. The zero-order valence-corrected chi connectivity index (χ0v) is 13.5. The van der Waals surface area contributed by atoms with Crippen LogP contribution in [-0.2, 0) is 10.0 Å². The fraction of sp³-hybridized carbons (Fsp3) is 0.143. The molecule has 3 N–H and O–H groups in total. The van der Waals surface area contributed by atoms with E-state index in [0.29, 0.717) is 16.4 Å². The van der Waals surface area contributed by atoms with Gasteiger partial charge >= 0.3 is 0 Å². The molecule has 0 aliphatic carbocycles. The number of benzene rings is 1. The van der Waals surface area contributed by atoms with Crippen LogP contribution in [0.15, 0.2) is 43.0 Å². The van der Waals surface area contributed by atoms with Gasteiger partial charge in [0.2, 0.25) is 10.0 Å². The molecule has 9 heteroatoms. The molecule has 0 unspecified atom stereocenters. The predicted octanol–water partition coefficient (Wildman–Crippen LogP) is 1.77. The van der Waals surface area contributed by atoms with Crippen molar-refractivity contribution in [2.24, 2.45) is 5.14 Å². The van der Waals surface area contributed by atoms with Gasteiger partial charge in [0.25, 0.3) is 0 Å². The lowest BCUT2D eigenvalue weighted by atomic mass is 10.2. The fourth-order valence-electron chi connectivity index (χ4n) is 2.21. The van der Waals surface area contributed by atoms with Crippen LogP contribution in [0.3, 0.4) is 0 Å². The number of nitrogens with zero attached hydrogens (tertiary/aromatic N) is 3. The summed E-state index contributed by atoms with van der Waals surface area (Å²) in [6.45, 7) is 0.168. The van der Waals surface area contributed by atoms with Crippen LogP contribution in [0.1, 0.15) is 0 Å². The van der Waals surface area contributed by atoms with Gasteiger partial charge in [-0.3, -0.25) is 0 Å². The molecule has 0 aliphatic rings. The molecule has 0 saturated heterocycles. The highest BCUT2D eigenvalue weighted by Crippen LogP contribution is 2.26. The van der Waals surface area contributed by atoms with Crippen molar-refractivity contribution in [2.45, 2.75) is 0 Å². The molecule has 0 amide bonds. The Balaban J connectivity index is 2.02. The monoisotopic (exact) mass is 351 g/mol. The Morgan fingerprint density at radius 1 is 1.30 bits per heavy atom. The second kappa shape index (κ2) is 6.15. The van der Waals surface area contributed by atoms with Crippen LogP contribution in [0.5, 0.6) is 0 Å². The number of rotatable bonds is 5. The summed E-state index contributed by atoms with van der Waals surface area (Å²) < 4.78 is 23.9. The van der Waals surface area contributed by atoms with Gasteiger partial charge in [-0.05, 0) is 18.2 Å². The van der Waals surface area contributed by atoms with Gasteiger partial charge in [0.15, 0.2) is 0 Å². The molecule has 0 atom stereocenters. The fourth-order valence-corrected chi connectivity index (χ4v) is 2.76. The highest BCUT2D eigenvalue weighted by molar-refractivity contribution is 7.89. The van der Waals surface area contributed by atoms with Crippen molar-refractivity contribution in [3.05, 3.63) is 48.0 Å². The summed E-state index contributed by atoms with van der Waals surface area (Å²) in [5.74, 6) is 0.356. The van der Waals surface area contributed by atoms with Crippen LogP contribution in [0.2, 0.25) is 5.02 Å². The number of nitrogens with two attached hydrogens (primary N) is 1. The molecule has 3 rings (SSSR count). The standard InChI is InChI=1S/C14H14ClN5O2S/c15-10-1-2-11-12(7-10)19-14(18-4-6-23(16,21)22)8-13(11)20-5-3-17-9-20/h1-3,5,7-9H,4,6H2,(H,18,19)(H2,16,21,22). The summed E-state index contributed by atoms with van der Waals surface area (Å²) in [5, 5.41) is 9.45. The number of anilines is 1. The largest absolute Gasteiger partial charge is 0.369 e. The van der Waals surface area contributed by atoms with Crippen molar-refractivity contribution in [3.63, 3.8) is 0 Å². The first-order valence-electron chi connectivity index (χ1n) is 6.75. The molecule has 0 radical (unpaired) electrons. The Kier molecular flexibility index (Phi) is 4.20. The number of halogens is 1. The number of sulfonamides is 1. The Bertz CT molecular complexity index is 941. The van der Waals surface area contributed by atoms with Crippen LogP contribution >= 0.6 is 11.6 Å². The predicted molar refractivity (Wildman–Crippen MR) is 90.3 cm³/mol. The maximum atomic E-state index is 11.0. The molecule has 0 saturated carbocycles. The summed E-state index contributed by atoms with van der Waals surface area (Å²) in [6.07, 6.45) is 5.17. The lowest BCUT2D eigenvalue weighted by Gasteiger charge is -2.12. The van der Waals surface area contributed by atoms with Gasteiger partial charge in [0, 0.05) is 35.4 Å². The van der Waals surface area contributed by atoms with E-state index in [4.69, 9.17) is 16.7 Å². The molecule has 3 aromatic rings. The number of nitrogens with one attached hydrogen (secondary N) is 1. The zero-order chi connectivity index (χ0) is 16.4. The Labute approximate surface area is 138 Å². The van der Waals surface area contributed by atoms with Crippen LogP contribution in [0, 0.1) is 0 Å². The van der Waals surface area contributed by atoms with E-state index in [1.807, 2.05) is 22.9 Å². The lowest BCUT2D eigenvalue weighted by Crippen LogP contribution is -2.22. The van der Waals surface area contributed by atoms with E-state index in [1.54, 1.807) is 24.7 Å². The van der Waals surface area contributed by atoms with Crippen molar-refractivity contribution in [2.75, 3.05) is 17.6 Å². The molecule has 2 aromatic heterocycles. The lowest BCUT2D eigenvalue weighted by molar-refractivity contribution is 0.598. The third kappa shape index (κ3) is 3.79. The second-order valence-electron chi connectivity index (χ2n) is 4.95. The zero-order valence-electron chi connectivity index (χ0n) is 12.0. The summed E-state index contributed by atoms with van der Waals surface area (Å²) in [4.78, 5) is 8.51. The van der Waals surface area contributed by atoms with E-state index in [9.17, 15) is 8.42 Å². The molecule has 0 fully saturated rings. The van der Waals surface area contributed by atoms with Crippen molar-refractivity contribution < 1.29 is 8.42 Å². The average molecular weight is 352 g/mol. The Hall–Kier alpha value is -2.16. The van der Waals surface area contributed by atoms with Gasteiger partial charge in [0.1, 0.15) is 5.82 Å². The van der Waals surface area contributed by atoms with Gasteiger partial charge < -0.3 is 9.88 Å². The first-order valence-corrected chi connectivity index (χ1v) is 8.85. The average Bonchev–Trinajstić information content (AvgIpc) is 2.98. The molecule has 23 heavy (non-hydrogen) atoms. The number of hydrogen-bond acceptors (Lipinski definition) is 5. The van der Waals surface area contributed by atoms with Crippen molar-refractivity contribution >= 4 is 38.3 Å². The molecule has 0 aliphatic heterocycles. The third-order valence-electron chi connectivity index (χ3n) is 3.23. The SMILES string of the molecule is NS(=O)(=O)CCNc1cc(-n2ccnc2)c2ccc(Cl)cc2n1. The normalized spacial score (nSPS) is 11.7. The van der Waals surface area contributed by atoms with Gasteiger partial charge in [-0.1, -0.05) is 11.6 Å². The van der Waals surface area contributed by atoms with Crippen molar-refractivity contribution in [3.8, 4) is 5.69 Å². The van der Waals surface area contributed by atoms with Gasteiger partial charge in [-0.15, -0.1) is 0 Å². The molecule has 0 bridgehead atoms. The van der Waals surface area contributed by atoms with E-state index in [2.05, 4.69) is 15.3 Å². The molecule has 120 valence electrons. The summed E-state index contributed by atoms with van der Waals surface area (Å²) in [5.41, 5.74) is 1.56. The molecule has 7 nitrogen and oxygen atoms in total. The van der Waals surface area contributed by atoms with Crippen LogP contribution in [-0.4, -0.2) is 35.3 Å². The molecule has 1 aromatic carbocycles. The van der Waals surface area contributed by atoms with Gasteiger partial charge in [-0.25, -0.2) is 23.5 Å². The van der Waals surface area contributed by atoms with E-state index in [1.165, 1.54) is 0 Å². The van der Waals surface area contributed by atoms with Crippen molar-refractivity contribution in [1.82, 2.24) is 14.5 Å². The third-order valence-corrected chi connectivity index (χ3v) is 4.23.